The van der Waals surface area contributed by atoms with E-state index >= 15 is 0 Å². The Bertz CT molecular complexity index is 595. The maximum atomic E-state index is 11.9. The SMILES string of the molecule is NC1CCC(NC(=O)CNS(=O)(=O)c2ccc(Cl)s2)CC1. The fraction of sp³-hybridized carbons (Fsp3) is 0.583. The van der Waals surface area contributed by atoms with Crippen LogP contribution in [0.15, 0.2) is 16.3 Å². The maximum Gasteiger partial charge on any atom is 0.250 e. The van der Waals surface area contributed by atoms with E-state index in [1.165, 1.54) is 12.1 Å². The van der Waals surface area contributed by atoms with Crippen molar-refractivity contribution in [3.05, 3.63) is 16.5 Å². The average molecular weight is 352 g/mol. The van der Waals surface area contributed by atoms with Crippen LogP contribution >= 0.6 is 22.9 Å². The molecule has 118 valence electrons. The summed E-state index contributed by atoms with van der Waals surface area (Å²) in [5.74, 6) is -0.332. The predicted molar refractivity (Wildman–Crippen MR) is 82.9 cm³/mol. The van der Waals surface area contributed by atoms with E-state index in [-0.39, 0.29) is 28.7 Å². The Labute approximate surface area is 133 Å². The molecule has 1 aromatic heterocycles. The number of sulfonamides is 1. The van der Waals surface area contributed by atoms with E-state index in [1.807, 2.05) is 0 Å². The fourth-order valence-electron chi connectivity index (χ4n) is 2.22. The summed E-state index contributed by atoms with van der Waals surface area (Å²) in [4.78, 5) is 11.8. The predicted octanol–water partition coefficient (Wildman–Crippen LogP) is 1.07. The molecule has 0 aromatic carbocycles. The highest BCUT2D eigenvalue weighted by Gasteiger charge is 2.22. The first-order chi connectivity index (χ1) is 9.87. The number of amides is 1. The van der Waals surface area contributed by atoms with Gasteiger partial charge in [-0.15, -0.1) is 11.3 Å². The smallest absolute Gasteiger partial charge is 0.250 e. The van der Waals surface area contributed by atoms with Crippen molar-refractivity contribution >= 4 is 38.9 Å². The molecule has 2 rings (SSSR count). The van der Waals surface area contributed by atoms with Gasteiger partial charge in [-0.25, -0.2) is 13.1 Å². The second-order valence-electron chi connectivity index (χ2n) is 5.06. The molecule has 0 bridgehead atoms. The first-order valence-corrected chi connectivity index (χ1v) is 9.34. The van der Waals surface area contributed by atoms with Gasteiger partial charge in [-0.2, -0.15) is 0 Å². The topological polar surface area (TPSA) is 101 Å². The molecule has 0 radical (unpaired) electrons. The first kappa shape index (κ1) is 16.7. The summed E-state index contributed by atoms with van der Waals surface area (Å²) in [5.41, 5.74) is 5.80. The van der Waals surface area contributed by atoms with Gasteiger partial charge in [-0.1, -0.05) is 11.6 Å². The molecule has 0 saturated heterocycles. The molecule has 1 heterocycles. The molecule has 1 fully saturated rings. The van der Waals surface area contributed by atoms with E-state index in [2.05, 4.69) is 10.0 Å². The van der Waals surface area contributed by atoms with Gasteiger partial charge in [0.15, 0.2) is 0 Å². The number of nitrogens with one attached hydrogen (secondary N) is 2. The van der Waals surface area contributed by atoms with Gasteiger partial charge in [0.05, 0.1) is 10.9 Å². The number of thiophene rings is 1. The van der Waals surface area contributed by atoms with Gasteiger partial charge in [-0.05, 0) is 37.8 Å². The molecule has 1 amide bonds. The molecule has 4 N–H and O–H groups in total. The summed E-state index contributed by atoms with van der Waals surface area (Å²) >= 11 is 6.66. The Morgan fingerprint density at radius 3 is 2.57 bits per heavy atom. The molecule has 0 unspecified atom stereocenters. The molecule has 1 saturated carbocycles. The molecule has 0 aliphatic heterocycles. The zero-order valence-electron chi connectivity index (χ0n) is 11.3. The van der Waals surface area contributed by atoms with Crippen molar-refractivity contribution < 1.29 is 13.2 Å². The second kappa shape index (κ2) is 7.06. The minimum Gasteiger partial charge on any atom is -0.352 e. The number of carbonyl (C=O) groups is 1. The lowest BCUT2D eigenvalue weighted by atomic mass is 9.92. The van der Waals surface area contributed by atoms with E-state index in [4.69, 9.17) is 17.3 Å². The van der Waals surface area contributed by atoms with Crippen LogP contribution in [-0.4, -0.2) is 33.0 Å². The largest absolute Gasteiger partial charge is 0.352 e. The third-order valence-electron chi connectivity index (χ3n) is 3.37. The van der Waals surface area contributed by atoms with Crippen molar-refractivity contribution in [1.82, 2.24) is 10.0 Å². The Balaban J connectivity index is 1.81. The van der Waals surface area contributed by atoms with Crippen LogP contribution in [0.25, 0.3) is 0 Å². The summed E-state index contributed by atoms with van der Waals surface area (Å²) in [7, 11) is -3.68. The summed E-state index contributed by atoms with van der Waals surface area (Å²) < 4.78 is 26.6. The Hall–Kier alpha value is -0.670. The van der Waals surface area contributed by atoms with E-state index in [0.717, 1.165) is 37.0 Å². The Morgan fingerprint density at radius 2 is 2.00 bits per heavy atom. The van der Waals surface area contributed by atoms with Gasteiger partial charge in [0.25, 0.3) is 10.0 Å². The molecule has 1 aliphatic carbocycles. The lowest BCUT2D eigenvalue weighted by Crippen LogP contribution is -2.44. The average Bonchev–Trinajstić information content (AvgIpc) is 2.87. The normalized spacial score (nSPS) is 23.0. The second-order valence-corrected chi connectivity index (χ2v) is 8.77. The zero-order chi connectivity index (χ0) is 15.5. The molecule has 9 heteroatoms. The Morgan fingerprint density at radius 1 is 1.33 bits per heavy atom. The number of hydrogen-bond donors (Lipinski definition) is 3. The monoisotopic (exact) mass is 351 g/mol. The first-order valence-electron chi connectivity index (χ1n) is 6.67. The molecule has 21 heavy (non-hydrogen) atoms. The number of hydrogen-bond acceptors (Lipinski definition) is 5. The van der Waals surface area contributed by atoms with Crippen molar-refractivity contribution in [3.63, 3.8) is 0 Å². The summed E-state index contributed by atoms with van der Waals surface area (Å²) in [6.07, 6.45) is 3.43. The van der Waals surface area contributed by atoms with Crippen LogP contribution in [0.5, 0.6) is 0 Å². The van der Waals surface area contributed by atoms with Crippen LogP contribution in [0.4, 0.5) is 0 Å². The van der Waals surface area contributed by atoms with Crippen molar-refractivity contribution in [2.24, 2.45) is 5.73 Å². The van der Waals surface area contributed by atoms with Gasteiger partial charge in [0.1, 0.15) is 4.21 Å². The number of nitrogens with two attached hydrogens (primary N) is 1. The van der Waals surface area contributed by atoms with Gasteiger partial charge in [-0.3, -0.25) is 4.79 Å². The van der Waals surface area contributed by atoms with Crippen LogP contribution in [-0.2, 0) is 14.8 Å². The third-order valence-corrected chi connectivity index (χ3v) is 6.50. The van der Waals surface area contributed by atoms with Crippen molar-refractivity contribution in [3.8, 4) is 0 Å². The van der Waals surface area contributed by atoms with E-state index in [0.29, 0.717) is 4.34 Å². The summed E-state index contributed by atoms with van der Waals surface area (Å²) in [6, 6.07) is 3.21. The molecule has 0 spiro atoms. The standard InChI is InChI=1S/C12H18ClN3O3S2/c13-10-5-6-12(20-10)21(18,19)15-7-11(17)16-9-3-1-8(14)2-4-9/h5-6,8-9,15H,1-4,7,14H2,(H,16,17). The van der Waals surface area contributed by atoms with Crippen LogP contribution in [0.3, 0.4) is 0 Å². The van der Waals surface area contributed by atoms with Crippen LogP contribution in [0, 0.1) is 0 Å². The highest BCUT2D eigenvalue weighted by molar-refractivity contribution is 7.91. The molecule has 6 nitrogen and oxygen atoms in total. The van der Waals surface area contributed by atoms with Gasteiger partial charge in [0, 0.05) is 12.1 Å². The summed E-state index contributed by atoms with van der Waals surface area (Å²) in [5, 5.41) is 2.82. The molecule has 1 aliphatic rings. The van der Waals surface area contributed by atoms with Crippen molar-refractivity contribution in [2.45, 2.75) is 42.0 Å². The van der Waals surface area contributed by atoms with Crippen molar-refractivity contribution in [2.75, 3.05) is 6.54 Å². The number of halogens is 1. The zero-order valence-corrected chi connectivity index (χ0v) is 13.7. The Kier molecular flexibility index (Phi) is 5.61. The fourth-order valence-corrected chi connectivity index (χ4v) is 4.73. The highest BCUT2D eigenvalue weighted by atomic mass is 35.5. The lowest BCUT2D eigenvalue weighted by Gasteiger charge is -2.26. The van der Waals surface area contributed by atoms with Crippen LogP contribution < -0.4 is 15.8 Å². The lowest BCUT2D eigenvalue weighted by molar-refractivity contribution is -0.120. The minimum absolute atomic E-state index is 0.0815. The summed E-state index contributed by atoms with van der Waals surface area (Å²) in [6.45, 7) is -0.277. The van der Waals surface area contributed by atoms with Gasteiger partial charge in [0.2, 0.25) is 5.91 Å². The molecular weight excluding hydrogens is 334 g/mol. The maximum absolute atomic E-state index is 11.9. The molecular formula is C12H18ClN3O3S2. The number of rotatable bonds is 5. The van der Waals surface area contributed by atoms with E-state index in [1.54, 1.807) is 0 Å². The van der Waals surface area contributed by atoms with Crippen LogP contribution in [0.1, 0.15) is 25.7 Å². The quantitative estimate of drug-likeness (QED) is 0.738. The highest BCUT2D eigenvalue weighted by Crippen LogP contribution is 2.25. The third kappa shape index (κ3) is 4.93. The number of carbonyl (C=O) groups excluding carboxylic acids is 1. The van der Waals surface area contributed by atoms with Crippen LogP contribution in [0.2, 0.25) is 4.34 Å². The minimum atomic E-state index is -3.68. The van der Waals surface area contributed by atoms with Gasteiger partial charge < -0.3 is 11.1 Å². The van der Waals surface area contributed by atoms with Crippen molar-refractivity contribution in [1.29, 1.82) is 0 Å². The van der Waals surface area contributed by atoms with Gasteiger partial charge >= 0.3 is 0 Å². The van der Waals surface area contributed by atoms with E-state index < -0.39 is 10.0 Å². The molecule has 1 aromatic rings. The molecule has 0 atom stereocenters. The van der Waals surface area contributed by atoms with E-state index in [9.17, 15) is 13.2 Å².